The van der Waals surface area contributed by atoms with Gasteiger partial charge in [-0.2, -0.15) is 10.4 Å². The molecule has 1 aromatic carbocycles. The van der Waals surface area contributed by atoms with Crippen LogP contribution in [0.3, 0.4) is 0 Å². The van der Waals surface area contributed by atoms with Crippen molar-refractivity contribution in [2.75, 3.05) is 20.1 Å². The lowest BCUT2D eigenvalue weighted by atomic mass is 10.0. The molecule has 1 saturated heterocycles. The average Bonchev–Trinajstić information content (AvgIpc) is 3.25. The minimum absolute atomic E-state index is 0.507. The second kappa shape index (κ2) is 7.18. The molecule has 1 aliphatic rings. The van der Waals surface area contributed by atoms with Gasteiger partial charge in [-0.25, -0.2) is 0 Å². The molecule has 124 valence electrons. The average molecular weight is 322 g/mol. The second-order valence-electron chi connectivity index (χ2n) is 6.09. The molecule has 0 radical (unpaired) electrons. The highest BCUT2D eigenvalue weighted by molar-refractivity contribution is 5.80. The van der Waals surface area contributed by atoms with Crippen LogP contribution in [0.4, 0.5) is 0 Å². The number of aromatic nitrogens is 2. The molecule has 1 N–H and O–H groups in total. The number of nitrogens with zero attached hydrogens (tertiary/aromatic N) is 5. The Kier molecular flexibility index (Phi) is 4.80. The normalized spacial score (nSPS) is 17.8. The number of aryl methyl sites for hydroxylation is 1. The van der Waals surface area contributed by atoms with Crippen molar-refractivity contribution in [3.8, 4) is 6.07 Å². The predicted molar refractivity (Wildman–Crippen MR) is 93.5 cm³/mol. The van der Waals surface area contributed by atoms with Crippen LogP contribution in [0.2, 0.25) is 0 Å². The smallest absolute Gasteiger partial charge is 0.193 e. The van der Waals surface area contributed by atoms with Gasteiger partial charge in [-0.15, -0.1) is 0 Å². The molecule has 1 atom stereocenters. The molecule has 0 spiro atoms. The van der Waals surface area contributed by atoms with E-state index in [0.29, 0.717) is 18.0 Å². The van der Waals surface area contributed by atoms with Crippen LogP contribution < -0.4 is 5.32 Å². The van der Waals surface area contributed by atoms with E-state index in [0.717, 1.165) is 31.0 Å². The Morgan fingerprint density at radius 3 is 2.83 bits per heavy atom. The van der Waals surface area contributed by atoms with Gasteiger partial charge in [-0.3, -0.25) is 9.67 Å². The fourth-order valence-corrected chi connectivity index (χ4v) is 3.09. The third-order valence-corrected chi connectivity index (χ3v) is 4.43. The fraction of sp³-hybridized carbons (Fsp3) is 0.389. The Bertz CT molecular complexity index is 753. The van der Waals surface area contributed by atoms with Crippen molar-refractivity contribution in [1.82, 2.24) is 20.0 Å². The number of rotatable bonds is 3. The lowest BCUT2D eigenvalue weighted by Crippen LogP contribution is -2.39. The molecule has 0 bridgehead atoms. The van der Waals surface area contributed by atoms with E-state index in [1.165, 1.54) is 5.56 Å². The quantitative estimate of drug-likeness (QED) is 0.692. The number of nitriles is 1. The maximum Gasteiger partial charge on any atom is 0.193 e. The molecule has 6 nitrogen and oxygen atoms in total. The number of hydrogen-bond acceptors (Lipinski definition) is 3. The summed E-state index contributed by atoms with van der Waals surface area (Å²) in [4.78, 5) is 6.70. The third kappa shape index (κ3) is 3.57. The summed E-state index contributed by atoms with van der Waals surface area (Å²) in [5.74, 6) is 1.43. The number of guanidine groups is 1. The van der Waals surface area contributed by atoms with E-state index >= 15 is 0 Å². The van der Waals surface area contributed by atoms with Gasteiger partial charge >= 0.3 is 0 Å². The highest BCUT2D eigenvalue weighted by Crippen LogP contribution is 2.26. The second-order valence-corrected chi connectivity index (χ2v) is 6.09. The molecular weight excluding hydrogens is 300 g/mol. The Morgan fingerprint density at radius 2 is 2.21 bits per heavy atom. The van der Waals surface area contributed by atoms with Crippen LogP contribution in [0.5, 0.6) is 0 Å². The zero-order chi connectivity index (χ0) is 16.9. The van der Waals surface area contributed by atoms with Crippen LogP contribution in [-0.4, -0.2) is 40.8 Å². The number of benzene rings is 1. The summed E-state index contributed by atoms with van der Waals surface area (Å²) in [6.45, 7) is 2.65. The van der Waals surface area contributed by atoms with Crippen molar-refractivity contribution < 1.29 is 0 Å². The van der Waals surface area contributed by atoms with Gasteiger partial charge in [0.05, 0.1) is 17.8 Å². The van der Waals surface area contributed by atoms with Crippen molar-refractivity contribution in [2.24, 2.45) is 12.0 Å². The Morgan fingerprint density at radius 1 is 1.42 bits per heavy atom. The number of likely N-dealkylation sites (tertiary alicyclic amines) is 1. The SMILES string of the molecule is CN=C(NCc1ccc(C#N)cc1)N1CCC(c2cnn(C)c2)C1. The van der Waals surface area contributed by atoms with Gasteiger partial charge in [0.15, 0.2) is 5.96 Å². The molecule has 1 aromatic heterocycles. The van der Waals surface area contributed by atoms with Crippen molar-refractivity contribution in [2.45, 2.75) is 18.9 Å². The first-order chi connectivity index (χ1) is 11.7. The number of nitrogens with one attached hydrogen (secondary N) is 1. The molecule has 3 rings (SSSR count). The van der Waals surface area contributed by atoms with E-state index < -0.39 is 0 Å². The van der Waals surface area contributed by atoms with E-state index in [-0.39, 0.29) is 0 Å². The molecule has 1 aliphatic heterocycles. The van der Waals surface area contributed by atoms with Crippen LogP contribution in [0.15, 0.2) is 41.7 Å². The van der Waals surface area contributed by atoms with Crippen LogP contribution in [0.25, 0.3) is 0 Å². The third-order valence-electron chi connectivity index (χ3n) is 4.43. The largest absolute Gasteiger partial charge is 0.352 e. The van der Waals surface area contributed by atoms with Gasteiger partial charge in [0.2, 0.25) is 0 Å². The predicted octanol–water partition coefficient (Wildman–Crippen LogP) is 1.86. The van der Waals surface area contributed by atoms with Crippen LogP contribution in [-0.2, 0) is 13.6 Å². The van der Waals surface area contributed by atoms with Gasteiger partial charge in [0.25, 0.3) is 0 Å². The first kappa shape index (κ1) is 16.1. The summed E-state index contributed by atoms with van der Waals surface area (Å²) in [7, 11) is 3.77. The minimum Gasteiger partial charge on any atom is -0.352 e. The lowest BCUT2D eigenvalue weighted by Gasteiger charge is -2.21. The van der Waals surface area contributed by atoms with E-state index in [2.05, 4.69) is 32.6 Å². The number of hydrogen-bond donors (Lipinski definition) is 1. The Hall–Kier alpha value is -2.81. The summed E-state index contributed by atoms with van der Waals surface area (Å²) in [6, 6.07) is 9.77. The Balaban J connectivity index is 1.57. The molecule has 24 heavy (non-hydrogen) atoms. The standard InChI is InChI=1S/C18H22N6/c1-20-18(21-10-15-5-3-14(9-19)4-6-15)24-8-7-16(13-24)17-11-22-23(2)12-17/h3-6,11-12,16H,7-8,10,13H2,1-2H3,(H,20,21). The summed E-state index contributed by atoms with van der Waals surface area (Å²) < 4.78 is 1.86. The first-order valence-corrected chi connectivity index (χ1v) is 8.13. The summed E-state index contributed by atoms with van der Waals surface area (Å²) in [6.07, 6.45) is 5.17. The van der Waals surface area contributed by atoms with Gasteiger partial charge < -0.3 is 10.2 Å². The molecule has 2 heterocycles. The van der Waals surface area contributed by atoms with E-state index in [4.69, 9.17) is 5.26 Å². The number of aliphatic imine (C=N–C) groups is 1. The maximum atomic E-state index is 8.85. The highest BCUT2D eigenvalue weighted by Gasteiger charge is 2.26. The summed E-state index contributed by atoms with van der Waals surface area (Å²) in [5, 5.41) is 16.5. The van der Waals surface area contributed by atoms with Crippen LogP contribution >= 0.6 is 0 Å². The van der Waals surface area contributed by atoms with E-state index in [9.17, 15) is 0 Å². The Labute approximate surface area is 142 Å². The molecular formula is C18H22N6. The zero-order valence-corrected chi connectivity index (χ0v) is 14.1. The molecule has 0 aliphatic carbocycles. The first-order valence-electron chi connectivity index (χ1n) is 8.13. The molecule has 6 heteroatoms. The van der Waals surface area contributed by atoms with Gasteiger partial charge in [0.1, 0.15) is 0 Å². The van der Waals surface area contributed by atoms with Crippen LogP contribution in [0.1, 0.15) is 29.0 Å². The van der Waals surface area contributed by atoms with Gasteiger partial charge in [-0.05, 0) is 29.7 Å². The fourth-order valence-electron chi connectivity index (χ4n) is 3.09. The summed E-state index contributed by atoms with van der Waals surface area (Å²) >= 11 is 0. The summed E-state index contributed by atoms with van der Waals surface area (Å²) in [5.41, 5.74) is 3.11. The molecule has 0 amide bonds. The van der Waals surface area contributed by atoms with Gasteiger partial charge in [-0.1, -0.05) is 12.1 Å². The van der Waals surface area contributed by atoms with E-state index in [1.54, 1.807) is 0 Å². The van der Waals surface area contributed by atoms with Crippen molar-refractivity contribution in [1.29, 1.82) is 5.26 Å². The minimum atomic E-state index is 0.507. The molecule has 0 saturated carbocycles. The van der Waals surface area contributed by atoms with Crippen molar-refractivity contribution in [3.05, 3.63) is 53.3 Å². The van der Waals surface area contributed by atoms with Gasteiger partial charge in [0, 0.05) is 45.8 Å². The molecule has 2 aromatic rings. The van der Waals surface area contributed by atoms with Crippen molar-refractivity contribution in [3.63, 3.8) is 0 Å². The topological polar surface area (TPSA) is 69.2 Å². The molecule has 1 fully saturated rings. The molecule has 1 unspecified atom stereocenters. The maximum absolute atomic E-state index is 8.85. The lowest BCUT2D eigenvalue weighted by molar-refractivity contribution is 0.486. The van der Waals surface area contributed by atoms with Crippen LogP contribution in [0, 0.1) is 11.3 Å². The monoisotopic (exact) mass is 322 g/mol. The zero-order valence-electron chi connectivity index (χ0n) is 14.1. The highest BCUT2D eigenvalue weighted by atomic mass is 15.3. The van der Waals surface area contributed by atoms with Crippen molar-refractivity contribution >= 4 is 5.96 Å². The van der Waals surface area contributed by atoms with E-state index in [1.807, 2.05) is 49.2 Å².